The van der Waals surface area contributed by atoms with Crippen LogP contribution in [0, 0.1) is 0 Å². The van der Waals surface area contributed by atoms with Crippen LogP contribution in [0.25, 0.3) is 0 Å². The summed E-state index contributed by atoms with van der Waals surface area (Å²) < 4.78 is 18.4. The van der Waals surface area contributed by atoms with Crippen molar-refractivity contribution in [1.29, 1.82) is 0 Å². The van der Waals surface area contributed by atoms with Gasteiger partial charge >= 0.3 is 0 Å². The summed E-state index contributed by atoms with van der Waals surface area (Å²) in [6.07, 6.45) is 7.65. The average molecular weight is 649 g/mol. The average Bonchev–Trinajstić information content (AvgIpc) is 3.11. The molecule has 47 heavy (non-hydrogen) atoms. The molecule has 0 amide bonds. The predicted octanol–water partition coefficient (Wildman–Crippen LogP) is 7.47. The number of unbranched alkanes of at least 4 members (excludes halogenated alkanes) is 7. The minimum Gasteiger partial charge on any atom is -0.489 e. The zero-order chi connectivity index (χ0) is 33.3. The van der Waals surface area contributed by atoms with Crippen molar-refractivity contribution in [3.63, 3.8) is 0 Å². The molecule has 1 heterocycles. The largest absolute Gasteiger partial charge is 0.489 e. The first-order valence-corrected chi connectivity index (χ1v) is 17.8. The highest BCUT2D eigenvalue weighted by molar-refractivity contribution is 5.43. The molecule has 0 aliphatic carbocycles. The third kappa shape index (κ3) is 11.9. The van der Waals surface area contributed by atoms with Crippen LogP contribution in [0.15, 0.2) is 78.9 Å². The van der Waals surface area contributed by atoms with Crippen molar-refractivity contribution in [2.75, 3.05) is 6.61 Å². The maximum atomic E-state index is 10.4. The molecule has 1 fully saturated rings. The monoisotopic (exact) mass is 648 g/mol. The fraction of sp³-hybridized carbons (Fsp3) is 0.550. The highest BCUT2D eigenvalue weighted by atomic mass is 16.5. The summed E-state index contributed by atoms with van der Waals surface area (Å²) in [6.45, 7) is 2.83. The Hall–Kier alpha value is -2.94. The van der Waals surface area contributed by atoms with Gasteiger partial charge in [-0.15, -0.1) is 0 Å². The number of ether oxygens (including phenoxy) is 3. The second-order valence-corrected chi connectivity index (χ2v) is 13.0. The third-order valence-corrected chi connectivity index (χ3v) is 9.35. The Balaban J connectivity index is 1.42. The second-order valence-electron chi connectivity index (χ2n) is 13.0. The van der Waals surface area contributed by atoms with Crippen molar-refractivity contribution in [2.45, 2.75) is 134 Å². The maximum absolute atomic E-state index is 10.4. The molecule has 4 rings (SSSR count). The molecule has 3 aromatic rings. The maximum Gasteiger partial charge on any atom is 0.126 e. The lowest BCUT2D eigenvalue weighted by molar-refractivity contribution is -0.230. The van der Waals surface area contributed by atoms with E-state index in [2.05, 4.69) is 49.4 Å². The molecule has 6 atom stereocenters. The number of hydrogen-bond donors (Lipinski definition) is 4. The second kappa shape index (κ2) is 20.4. The smallest absolute Gasteiger partial charge is 0.126 e. The first-order chi connectivity index (χ1) is 23.0. The first kappa shape index (κ1) is 36.9. The summed E-state index contributed by atoms with van der Waals surface area (Å²) in [7, 11) is 0. The molecule has 0 radical (unpaired) electrons. The van der Waals surface area contributed by atoms with Gasteiger partial charge < -0.3 is 34.6 Å². The summed E-state index contributed by atoms with van der Waals surface area (Å²) >= 11 is 0. The van der Waals surface area contributed by atoms with Gasteiger partial charge in [-0.1, -0.05) is 131 Å². The van der Waals surface area contributed by atoms with Crippen molar-refractivity contribution in [2.24, 2.45) is 0 Å². The molecule has 0 saturated carbocycles. The van der Waals surface area contributed by atoms with Crippen LogP contribution in [0.3, 0.4) is 0 Å². The van der Waals surface area contributed by atoms with Gasteiger partial charge in [0.25, 0.3) is 0 Å². The fourth-order valence-corrected chi connectivity index (χ4v) is 6.50. The van der Waals surface area contributed by atoms with E-state index in [1.54, 1.807) is 0 Å². The Morgan fingerprint density at radius 3 is 1.85 bits per heavy atom. The Labute approximate surface area is 281 Å². The van der Waals surface area contributed by atoms with Crippen LogP contribution < -0.4 is 9.47 Å². The molecule has 0 aromatic heterocycles. The normalized spacial score (nSPS) is 21.8. The van der Waals surface area contributed by atoms with Crippen molar-refractivity contribution < 1.29 is 34.6 Å². The Morgan fingerprint density at radius 1 is 0.638 bits per heavy atom. The van der Waals surface area contributed by atoms with Crippen molar-refractivity contribution in [1.82, 2.24) is 0 Å². The van der Waals surface area contributed by atoms with E-state index in [4.69, 9.17) is 14.2 Å². The summed E-state index contributed by atoms with van der Waals surface area (Å²) in [5.74, 6) is 2.00. The highest BCUT2D eigenvalue weighted by Crippen LogP contribution is 2.38. The summed E-state index contributed by atoms with van der Waals surface area (Å²) in [6, 6.07) is 26.7. The van der Waals surface area contributed by atoms with Crippen LogP contribution in [0.2, 0.25) is 0 Å². The van der Waals surface area contributed by atoms with E-state index in [1.165, 1.54) is 44.1 Å². The number of hydrogen-bond acceptors (Lipinski definition) is 7. The van der Waals surface area contributed by atoms with Crippen LogP contribution in [0.5, 0.6) is 11.5 Å². The number of rotatable bonds is 21. The summed E-state index contributed by atoms with van der Waals surface area (Å²) in [4.78, 5) is 0. The molecule has 1 saturated heterocycles. The van der Waals surface area contributed by atoms with Gasteiger partial charge in [-0.05, 0) is 47.9 Å². The number of aliphatic hydroxyl groups excluding tert-OH is 4. The van der Waals surface area contributed by atoms with Gasteiger partial charge in [0.15, 0.2) is 0 Å². The third-order valence-electron chi connectivity index (χ3n) is 9.35. The zero-order valence-corrected chi connectivity index (χ0v) is 28.1. The molecule has 1 aliphatic rings. The van der Waals surface area contributed by atoms with E-state index in [-0.39, 0.29) is 0 Å². The molecule has 7 nitrogen and oxygen atoms in total. The molecule has 7 heteroatoms. The fourth-order valence-electron chi connectivity index (χ4n) is 6.50. The summed E-state index contributed by atoms with van der Waals surface area (Å²) in [5.41, 5.74) is 3.46. The van der Waals surface area contributed by atoms with E-state index in [9.17, 15) is 20.4 Å². The van der Waals surface area contributed by atoms with E-state index < -0.39 is 37.1 Å². The van der Waals surface area contributed by atoms with Crippen molar-refractivity contribution >= 4 is 0 Å². The van der Waals surface area contributed by atoms with E-state index in [0.29, 0.717) is 25.6 Å². The van der Waals surface area contributed by atoms with Gasteiger partial charge in [-0.3, -0.25) is 0 Å². The van der Waals surface area contributed by atoms with Gasteiger partial charge in [0.05, 0.1) is 12.7 Å². The van der Waals surface area contributed by atoms with Crippen LogP contribution in [0.1, 0.15) is 107 Å². The SMILES string of the molecule is CCCCCCCCC(CCCCC[C@@H]1O[C@H](CO)[C@@H](O)[C@H](O)[C@H]1O)c1ccc(OCc2ccccc2)cc1OCc1ccccc1. The molecule has 1 unspecified atom stereocenters. The van der Waals surface area contributed by atoms with E-state index >= 15 is 0 Å². The molecule has 0 spiro atoms. The zero-order valence-electron chi connectivity index (χ0n) is 28.1. The molecular formula is C40H56O7. The predicted molar refractivity (Wildman–Crippen MR) is 186 cm³/mol. The topological polar surface area (TPSA) is 109 Å². The Bertz CT molecular complexity index is 1250. The summed E-state index contributed by atoms with van der Waals surface area (Å²) in [5, 5.41) is 40.2. The minimum atomic E-state index is -1.32. The van der Waals surface area contributed by atoms with E-state index in [1.807, 2.05) is 36.4 Å². The lowest BCUT2D eigenvalue weighted by Crippen LogP contribution is -2.58. The Kier molecular flexibility index (Phi) is 16.0. The van der Waals surface area contributed by atoms with Crippen molar-refractivity contribution in [3.05, 3.63) is 95.6 Å². The minimum absolute atomic E-state index is 0.336. The molecule has 258 valence electrons. The highest BCUT2D eigenvalue weighted by Gasteiger charge is 2.42. The number of benzene rings is 3. The lowest BCUT2D eigenvalue weighted by Gasteiger charge is -2.40. The van der Waals surface area contributed by atoms with Gasteiger partial charge in [0.1, 0.15) is 49.1 Å². The van der Waals surface area contributed by atoms with Crippen molar-refractivity contribution in [3.8, 4) is 11.5 Å². The molecule has 1 aliphatic heterocycles. The number of aliphatic hydroxyl groups is 4. The molecular weight excluding hydrogens is 592 g/mol. The standard InChI is InChI=1S/C40H56O7/c1-2-3-4-5-6-14-21-32(22-15-9-16-23-35-38(42)40(44)39(43)37(27-41)47-35)34-25-24-33(45-28-30-17-10-7-11-18-30)26-36(34)46-29-31-19-12-8-13-20-31/h7-8,10-13,17-20,24-26,32,35,37-44H,2-6,9,14-16,21-23,27-29H2,1H3/t32?,35-,37+,38-,39+,40+/m0/s1. The van der Waals surface area contributed by atoms with E-state index in [0.717, 1.165) is 54.7 Å². The van der Waals surface area contributed by atoms with Crippen LogP contribution in [0.4, 0.5) is 0 Å². The van der Waals surface area contributed by atoms with Gasteiger partial charge in [-0.25, -0.2) is 0 Å². The molecule has 0 bridgehead atoms. The van der Waals surface area contributed by atoms with Crippen LogP contribution >= 0.6 is 0 Å². The van der Waals surface area contributed by atoms with Crippen LogP contribution in [-0.2, 0) is 18.0 Å². The molecule has 4 N–H and O–H groups in total. The lowest BCUT2D eigenvalue weighted by atomic mass is 9.87. The first-order valence-electron chi connectivity index (χ1n) is 17.8. The quantitative estimate of drug-likeness (QED) is 0.0888. The molecule has 3 aromatic carbocycles. The van der Waals surface area contributed by atoms with Crippen LogP contribution in [-0.4, -0.2) is 57.6 Å². The van der Waals surface area contributed by atoms with Gasteiger partial charge in [0.2, 0.25) is 0 Å². The van der Waals surface area contributed by atoms with Gasteiger partial charge in [0, 0.05) is 6.07 Å². The Morgan fingerprint density at radius 2 is 1.21 bits per heavy atom. The van der Waals surface area contributed by atoms with Gasteiger partial charge in [-0.2, -0.15) is 0 Å².